The maximum absolute atomic E-state index is 13.8. The summed E-state index contributed by atoms with van der Waals surface area (Å²) >= 11 is 0. The lowest BCUT2D eigenvalue weighted by molar-refractivity contribution is 0.0969. The summed E-state index contributed by atoms with van der Waals surface area (Å²) in [6.07, 6.45) is 0. The number of carbonyl (C=O) groups excluding carboxylic acids is 1. The van der Waals surface area contributed by atoms with Crippen LogP contribution in [-0.2, 0) is 0 Å². The number of rotatable bonds is 3. The first-order valence-corrected chi connectivity index (χ1v) is 9.98. The fraction of sp³-hybridized carbons (Fsp3) is 0.208. The first-order chi connectivity index (χ1) is 14.8. The summed E-state index contributed by atoms with van der Waals surface area (Å²) in [6, 6.07) is 12.3. The summed E-state index contributed by atoms with van der Waals surface area (Å²) in [5, 5.41) is 4.08. The minimum absolute atomic E-state index is 0.0669. The molecule has 2 aromatic heterocycles. The molecule has 0 saturated carbocycles. The second kappa shape index (κ2) is 6.91. The largest absolute Gasteiger partial charge is 0.450 e. The van der Waals surface area contributed by atoms with Gasteiger partial charge in [0.15, 0.2) is 11.2 Å². The van der Waals surface area contributed by atoms with Crippen molar-refractivity contribution in [1.82, 2.24) is 5.16 Å². The van der Waals surface area contributed by atoms with Crippen molar-refractivity contribution in [2.24, 2.45) is 0 Å². The highest BCUT2D eigenvalue weighted by Crippen LogP contribution is 2.41. The number of benzene rings is 2. The zero-order valence-electron chi connectivity index (χ0n) is 17.2. The van der Waals surface area contributed by atoms with E-state index in [0.29, 0.717) is 11.7 Å². The predicted molar refractivity (Wildman–Crippen MR) is 113 cm³/mol. The van der Waals surface area contributed by atoms with Crippen LogP contribution < -0.4 is 10.3 Å². The van der Waals surface area contributed by atoms with Crippen LogP contribution in [0.5, 0.6) is 0 Å². The number of halogens is 1. The van der Waals surface area contributed by atoms with Crippen molar-refractivity contribution in [3.63, 3.8) is 0 Å². The molecule has 0 unspecified atom stereocenters. The first kappa shape index (κ1) is 19.2. The van der Waals surface area contributed by atoms with E-state index in [-0.39, 0.29) is 28.1 Å². The Kier molecular flexibility index (Phi) is 4.28. The molecule has 5 rings (SSSR count). The van der Waals surface area contributed by atoms with Crippen LogP contribution in [0.3, 0.4) is 0 Å². The van der Waals surface area contributed by atoms with Crippen molar-refractivity contribution in [3.8, 4) is 0 Å². The Bertz CT molecular complexity index is 1390. The monoisotopic (exact) mass is 418 g/mol. The third-order valence-electron chi connectivity index (χ3n) is 5.61. The molecule has 7 heteroatoms. The van der Waals surface area contributed by atoms with Gasteiger partial charge in [0.2, 0.25) is 5.76 Å². The standard InChI is InChI=1S/C24H19FN2O4/c1-12(2)14-4-6-15(7-5-14)21-20-22(28)17-11-16(25)8-9-18(17)30-23(20)24(29)27(21)19-10-13(3)31-26-19/h4-12,21H,1-3H3/t21-/m0/s1. The molecule has 31 heavy (non-hydrogen) atoms. The smallest absolute Gasteiger partial charge is 0.296 e. The van der Waals surface area contributed by atoms with E-state index in [1.54, 1.807) is 13.0 Å². The van der Waals surface area contributed by atoms with Crippen molar-refractivity contribution >= 4 is 22.7 Å². The zero-order chi connectivity index (χ0) is 21.9. The molecular formula is C24H19FN2O4. The number of anilines is 1. The number of hydrogen-bond acceptors (Lipinski definition) is 5. The second-order valence-electron chi connectivity index (χ2n) is 8.01. The van der Waals surface area contributed by atoms with Gasteiger partial charge in [-0.15, -0.1) is 0 Å². The lowest BCUT2D eigenvalue weighted by Crippen LogP contribution is -2.29. The van der Waals surface area contributed by atoms with Gasteiger partial charge in [0.05, 0.1) is 17.0 Å². The van der Waals surface area contributed by atoms with Crippen molar-refractivity contribution in [2.45, 2.75) is 32.7 Å². The lowest BCUT2D eigenvalue weighted by Gasteiger charge is -2.22. The van der Waals surface area contributed by atoms with Crippen molar-refractivity contribution in [2.75, 3.05) is 4.90 Å². The Morgan fingerprint density at radius 2 is 1.81 bits per heavy atom. The molecule has 156 valence electrons. The van der Waals surface area contributed by atoms with E-state index in [0.717, 1.165) is 17.2 Å². The lowest BCUT2D eigenvalue weighted by atomic mass is 9.95. The van der Waals surface area contributed by atoms with Crippen LogP contribution in [0, 0.1) is 12.7 Å². The Morgan fingerprint density at radius 1 is 1.06 bits per heavy atom. The van der Waals surface area contributed by atoms with Crippen molar-refractivity contribution in [3.05, 3.63) is 92.8 Å². The van der Waals surface area contributed by atoms with Gasteiger partial charge in [-0.1, -0.05) is 43.3 Å². The van der Waals surface area contributed by atoms with E-state index in [9.17, 15) is 14.0 Å². The van der Waals surface area contributed by atoms with Gasteiger partial charge in [-0.05, 0) is 42.2 Å². The van der Waals surface area contributed by atoms with Crippen LogP contribution in [0.15, 0.2) is 62.3 Å². The van der Waals surface area contributed by atoms with E-state index in [2.05, 4.69) is 19.0 Å². The highest BCUT2D eigenvalue weighted by molar-refractivity contribution is 6.10. The average molecular weight is 418 g/mol. The van der Waals surface area contributed by atoms with Gasteiger partial charge in [-0.2, -0.15) is 0 Å². The quantitative estimate of drug-likeness (QED) is 0.463. The number of fused-ring (bicyclic) bond motifs is 2. The first-order valence-electron chi connectivity index (χ1n) is 9.98. The number of aromatic nitrogens is 1. The van der Waals surface area contributed by atoms with Crippen molar-refractivity contribution in [1.29, 1.82) is 0 Å². The molecule has 0 spiro atoms. The van der Waals surface area contributed by atoms with E-state index < -0.39 is 23.2 Å². The third kappa shape index (κ3) is 2.96. The van der Waals surface area contributed by atoms with Crippen LogP contribution >= 0.6 is 0 Å². The molecule has 0 saturated heterocycles. The molecule has 0 bridgehead atoms. The maximum atomic E-state index is 13.8. The SMILES string of the molecule is Cc1cc(N2C(=O)c3oc4ccc(F)cc4c(=O)c3[C@@H]2c2ccc(C(C)C)cc2)no1. The van der Waals surface area contributed by atoms with Gasteiger partial charge in [0, 0.05) is 6.07 Å². The number of nitrogens with zero attached hydrogens (tertiary/aromatic N) is 2. The fourth-order valence-electron chi connectivity index (χ4n) is 4.03. The van der Waals surface area contributed by atoms with Crippen LogP contribution in [0.4, 0.5) is 10.2 Å². The van der Waals surface area contributed by atoms with E-state index in [1.165, 1.54) is 17.0 Å². The number of aryl methyl sites for hydroxylation is 1. The molecular weight excluding hydrogens is 399 g/mol. The van der Waals surface area contributed by atoms with Crippen molar-refractivity contribution < 1.29 is 18.1 Å². The topological polar surface area (TPSA) is 76.6 Å². The van der Waals surface area contributed by atoms with E-state index in [4.69, 9.17) is 8.94 Å². The highest BCUT2D eigenvalue weighted by atomic mass is 19.1. The van der Waals surface area contributed by atoms with Gasteiger partial charge >= 0.3 is 0 Å². The Labute approximate surface area is 176 Å². The average Bonchev–Trinajstić information content (AvgIpc) is 3.30. The molecule has 3 heterocycles. The number of amides is 1. The normalized spacial score (nSPS) is 15.8. The second-order valence-corrected chi connectivity index (χ2v) is 8.01. The van der Waals surface area contributed by atoms with Crippen LogP contribution in [0.1, 0.15) is 58.8 Å². The predicted octanol–water partition coefficient (Wildman–Crippen LogP) is 5.10. The molecule has 0 N–H and O–H groups in total. The highest BCUT2D eigenvalue weighted by Gasteiger charge is 2.44. The molecule has 2 aromatic carbocycles. The minimum Gasteiger partial charge on any atom is -0.450 e. The van der Waals surface area contributed by atoms with Gasteiger partial charge in [-0.3, -0.25) is 14.5 Å². The Hall–Kier alpha value is -3.74. The van der Waals surface area contributed by atoms with Crippen LogP contribution in [0.2, 0.25) is 0 Å². The van der Waals surface area contributed by atoms with Crippen LogP contribution in [0.25, 0.3) is 11.0 Å². The van der Waals surface area contributed by atoms with Gasteiger partial charge in [-0.25, -0.2) is 4.39 Å². The van der Waals surface area contributed by atoms with E-state index in [1.807, 2.05) is 24.3 Å². The Balaban J connectivity index is 1.78. The molecule has 0 aliphatic carbocycles. The maximum Gasteiger partial charge on any atom is 0.296 e. The summed E-state index contributed by atoms with van der Waals surface area (Å²) in [4.78, 5) is 28.2. The molecule has 1 amide bonds. The molecule has 1 atom stereocenters. The molecule has 1 aliphatic rings. The molecule has 0 fully saturated rings. The van der Waals surface area contributed by atoms with Gasteiger partial charge in [0.25, 0.3) is 5.91 Å². The van der Waals surface area contributed by atoms with E-state index >= 15 is 0 Å². The van der Waals surface area contributed by atoms with Gasteiger partial charge in [0.1, 0.15) is 17.2 Å². The summed E-state index contributed by atoms with van der Waals surface area (Å²) in [7, 11) is 0. The molecule has 1 aliphatic heterocycles. The Morgan fingerprint density at radius 3 is 2.45 bits per heavy atom. The molecule has 6 nitrogen and oxygen atoms in total. The minimum atomic E-state index is -0.767. The van der Waals surface area contributed by atoms with Gasteiger partial charge < -0.3 is 8.94 Å². The number of carbonyl (C=O) groups is 1. The summed E-state index contributed by atoms with van der Waals surface area (Å²) < 4.78 is 24.8. The zero-order valence-corrected chi connectivity index (χ0v) is 17.2. The molecule has 0 radical (unpaired) electrons. The number of hydrogen-bond donors (Lipinski definition) is 0. The third-order valence-corrected chi connectivity index (χ3v) is 5.61. The molecule has 4 aromatic rings. The summed E-state index contributed by atoms with van der Waals surface area (Å²) in [5.74, 6) is 0.0247. The summed E-state index contributed by atoms with van der Waals surface area (Å²) in [5.41, 5.74) is 1.74. The fourth-order valence-corrected chi connectivity index (χ4v) is 4.03. The summed E-state index contributed by atoms with van der Waals surface area (Å²) in [6.45, 7) is 5.89. The van der Waals surface area contributed by atoms with Crippen LogP contribution in [-0.4, -0.2) is 11.1 Å².